The summed E-state index contributed by atoms with van der Waals surface area (Å²) in [7, 11) is 0. The van der Waals surface area contributed by atoms with Crippen molar-refractivity contribution in [1.29, 1.82) is 0 Å². The summed E-state index contributed by atoms with van der Waals surface area (Å²) in [6, 6.07) is 7.79. The number of rotatable bonds is 3. The first-order chi connectivity index (χ1) is 6.22. The SMILES string of the molecule is CCCC(N)=Nc1ccc(Br)cc1. The van der Waals surface area contributed by atoms with Gasteiger partial charge >= 0.3 is 0 Å². The molecule has 0 saturated heterocycles. The normalized spacial score (nSPS) is 11.7. The number of hydrogen-bond acceptors (Lipinski definition) is 1. The van der Waals surface area contributed by atoms with Gasteiger partial charge < -0.3 is 5.73 Å². The Labute approximate surface area is 87.0 Å². The quantitative estimate of drug-likeness (QED) is 0.640. The topological polar surface area (TPSA) is 38.4 Å². The van der Waals surface area contributed by atoms with Gasteiger partial charge in [0.15, 0.2) is 0 Å². The maximum absolute atomic E-state index is 5.69. The van der Waals surface area contributed by atoms with Crippen LogP contribution in [0.25, 0.3) is 0 Å². The molecule has 0 aromatic heterocycles. The molecule has 0 fully saturated rings. The van der Waals surface area contributed by atoms with E-state index in [4.69, 9.17) is 5.73 Å². The summed E-state index contributed by atoms with van der Waals surface area (Å²) in [6.07, 6.45) is 1.89. The van der Waals surface area contributed by atoms with Gasteiger partial charge in [-0.15, -0.1) is 0 Å². The maximum Gasteiger partial charge on any atom is 0.0996 e. The van der Waals surface area contributed by atoms with Crippen LogP contribution in [0, 0.1) is 0 Å². The Balaban J connectivity index is 2.73. The molecule has 3 heteroatoms. The van der Waals surface area contributed by atoms with Crippen molar-refractivity contribution >= 4 is 27.5 Å². The van der Waals surface area contributed by atoms with Gasteiger partial charge in [-0.25, -0.2) is 4.99 Å². The second-order valence-electron chi connectivity index (χ2n) is 2.83. The van der Waals surface area contributed by atoms with E-state index in [2.05, 4.69) is 27.8 Å². The van der Waals surface area contributed by atoms with E-state index in [1.807, 2.05) is 24.3 Å². The minimum atomic E-state index is 0.699. The lowest BCUT2D eigenvalue weighted by Crippen LogP contribution is -2.09. The number of amidine groups is 1. The van der Waals surface area contributed by atoms with Crippen molar-refractivity contribution in [2.24, 2.45) is 10.7 Å². The van der Waals surface area contributed by atoms with E-state index in [-0.39, 0.29) is 0 Å². The van der Waals surface area contributed by atoms with Crippen LogP contribution in [0.5, 0.6) is 0 Å². The Morgan fingerprint density at radius 3 is 2.54 bits per heavy atom. The van der Waals surface area contributed by atoms with Crippen LogP contribution in [0.15, 0.2) is 33.7 Å². The van der Waals surface area contributed by atoms with E-state index in [0.29, 0.717) is 5.84 Å². The van der Waals surface area contributed by atoms with Crippen LogP contribution in [-0.2, 0) is 0 Å². The Morgan fingerprint density at radius 1 is 1.38 bits per heavy atom. The number of benzene rings is 1. The average Bonchev–Trinajstić information content (AvgIpc) is 2.09. The highest BCUT2D eigenvalue weighted by Crippen LogP contribution is 2.16. The first kappa shape index (κ1) is 10.3. The molecule has 13 heavy (non-hydrogen) atoms. The fourth-order valence-corrected chi connectivity index (χ4v) is 1.26. The van der Waals surface area contributed by atoms with Crippen LogP contribution in [0.1, 0.15) is 19.8 Å². The Hall–Kier alpha value is -0.830. The summed E-state index contributed by atoms with van der Waals surface area (Å²) in [5, 5.41) is 0. The van der Waals surface area contributed by atoms with Gasteiger partial charge in [0.1, 0.15) is 0 Å². The molecule has 1 aromatic rings. The maximum atomic E-state index is 5.69. The van der Waals surface area contributed by atoms with E-state index in [9.17, 15) is 0 Å². The van der Waals surface area contributed by atoms with Gasteiger partial charge in [0, 0.05) is 10.9 Å². The Morgan fingerprint density at radius 2 is 2.00 bits per heavy atom. The molecule has 0 aliphatic rings. The molecule has 1 rings (SSSR count). The third-order valence-corrected chi connectivity index (χ3v) is 2.13. The van der Waals surface area contributed by atoms with E-state index < -0.39 is 0 Å². The summed E-state index contributed by atoms with van der Waals surface area (Å²) < 4.78 is 1.06. The smallest absolute Gasteiger partial charge is 0.0996 e. The highest BCUT2D eigenvalue weighted by Gasteiger charge is 1.92. The Bertz CT molecular complexity index is 290. The van der Waals surface area contributed by atoms with Gasteiger partial charge in [0.2, 0.25) is 0 Å². The molecule has 0 amide bonds. The molecule has 0 bridgehead atoms. The third kappa shape index (κ3) is 3.59. The van der Waals surface area contributed by atoms with Gasteiger partial charge in [-0.3, -0.25) is 0 Å². The zero-order chi connectivity index (χ0) is 9.68. The molecule has 2 N–H and O–H groups in total. The lowest BCUT2D eigenvalue weighted by Gasteiger charge is -1.98. The number of nitrogens with two attached hydrogens (primary N) is 1. The molecule has 0 aliphatic heterocycles. The lowest BCUT2D eigenvalue weighted by atomic mass is 10.3. The average molecular weight is 241 g/mol. The second kappa shape index (κ2) is 5.02. The molecule has 0 radical (unpaired) electrons. The van der Waals surface area contributed by atoms with Crippen molar-refractivity contribution in [1.82, 2.24) is 0 Å². The number of aliphatic imine (C=N–C) groups is 1. The molecular weight excluding hydrogens is 228 g/mol. The van der Waals surface area contributed by atoms with Gasteiger partial charge in [-0.2, -0.15) is 0 Å². The number of nitrogens with zero attached hydrogens (tertiary/aromatic N) is 1. The summed E-state index contributed by atoms with van der Waals surface area (Å²) in [5.74, 6) is 0.699. The van der Waals surface area contributed by atoms with Crippen molar-refractivity contribution in [3.05, 3.63) is 28.7 Å². The molecule has 0 spiro atoms. The minimum Gasteiger partial charge on any atom is -0.387 e. The predicted octanol–water partition coefficient (Wildman–Crippen LogP) is 3.24. The van der Waals surface area contributed by atoms with Crippen molar-refractivity contribution in [3.8, 4) is 0 Å². The van der Waals surface area contributed by atoms with E-state index in [1.54, 1.807) is 0 Å². The Kier molecular flexibility index (Phi) is 3.96. The van der Waals surface area contributed by atoms with Crippen LogP contribution in [0.3, 0.4) is 0 Å². The first-order valence-electron chi connectivity index (χ1n) is 4.31. The monoisotopic (exact) mass is 240 g/mol. The van der Waals surface area contributed by atoms with Crippen molar-refractivity contribution in [2.75, 3.05) is 0 Å². The lowest BCUT2D eigenvalue weighted by molar-refractivity contribution is 0.983. The third-order valence-electron chi connectivity index (χ3n) is 1.61. The van der Waals surface area contributed by atoms with Crippen LogP contribution in [0.4, 0.5) is 5.69 Å². The molecule has 70 valence electrons. The van der Waals surface area contributed by atoms with Crippen LogP contribution < -0.4 is 5.73 Å². The van der Waals surface area contributed by atoms with E-state index >= 15 is 0 Å². The zero-order valence-electron chi connectivity index (χ0n) is 7.63. The standard InChI is InChI=1S/C10H13BrN2/c1-2-3-10(12)13-9-6-4-8(11)5-7-9/h4-7H,2-3H2,1H3,(H2,12,13). The summed E-state index contributed by atoms with van der Waals surface area (Å²) >= 11 is 3.36. The largest absolute Gasteiger partial charge is 0.387 e. The van der Waals surface area contributed by atoms with E-state index in [1.165, 1.54) is 0 Å². The molecule has 2 nitrogen and oxygen atoms in total. The van der Waals surface area contributed by atoms with Crippen molar-refractivity contribution in [3.63, 3.8) is 0 Å². The molecule has 0 unspecified atom stereocenters. The van der Waals surface area contributed by atoms with Crippen LogP contribution in [-0.4, -0.2) is 5.84 Å². The van der Waals surface area contributed by atoms with Crippen molar-refractivity contribution < 1.29 is 0 Å². The van der Waals surface area contributed by atoms with Crippen LogP contribution >= 0.6 is 15.9 Å². The first-order valence-corrected chi connectivity index (χ1v) is 5.10. The summed E-state index contributed by atoms with van der Waals surface area (Å²) in [6.45, 7) is 2.09. The minimum absolute atomic E-state index is 0.699. The molecule has 0 aliphatic carbocycles. The highest BCUT2D eigenvalue weighted by molar-refractivity contribution is 9.10. The summed E-state index contributed by atoms with van der Waals surface area (Å²) in [4.78, 5) is 4.26. The summed E-state index contributed by atoms with van der Waals surface area (Å²) in [5.41, 5.74) is 6.60. The fourth-order valence-electron chi connectivity index (χ4n) is 0.993. The number of halogens is 1. The van der Waals surface area contributed by atoms with Crippen molar-refractivity contribution in [2.45, 2.75) is 19.8 Å². The molecular formula is C10H13BrN2. The molecule has 1 aromatic carbocycles. The fraction of sp³-hybridized carbons (Fsp3) is 0.300. The second-order valence-corrected chi connectivity index (χ2v) is 3.75. The zero-order valence-corrected chi connectivity index (χ0v) is 9.21. The molecule has 0 heterocycles. The van der Waals surface area contributed by atoms with Gasteiger partial charge in [-0.05, 0) is 30.7 Å². The van der Waals surface area contributed by atoms with E-state index in [0.717, 1.165) is 23.0 Å². The van der Waals surface area contributed by atoms with Gasteiger partial charge in [0.25, 0.3) is 0 Å². The van der Waals surface area contributed by atoms with Gasteiger partial charge in [0.05, 0.1) is 11.5 Å². The van der Waals surface area contributed by atoms with Crippen LogP contribution in [0.2, 0.25) is 0 Å². The molecule has 0 atom stereocenters. The molecule has 0 saturated carbocycles. The van der Waals surface area contributed by atoms with Gasteiger partial charge in [-0.1, -0.05) is 22.9 Å². The predicted molar refractivity (Wildman–Crippen MR) is 60.3 cm³/mol. The number of hydrogen-bond donors (Lipinski definition) is 1. The highest BCUT2D eigenvalue weighted by atomic mass is 79.9.